The Morgan fingerprint density at radius 1 is 0.500 bits per heavy atom. The van der Waals surface area contributed by atoms with Crippen molar-refractivity contribution in [3.8, 4) is 20.9 Å². The zero-order valence-corrected chi connectivity index (χ0v) is 25.0. The normalized spacial score (nSPS) is 11.8. The van der Waals surface area contributed by atoms with Gasteiger partial charge in [-0.3, -0.25) is 4.79 Å². The summed E-state index contributed by atoms with van der Waals surface area (Å²) < 4.78 is 0. The van der Waals surface area contributed by atoms with Gasteiger partial charge in [-0.15, -0.1) is 11.3 Å². The summed E-state index contributed by atoms with van der Waals surface area (Å²) in [5, 5.41) is 0. The summed E-state index contributed by atoms with van der Waals surface area (Å²) in [6, 6.07) is 38.8. The highest BCUT2D eigenvalue weighted by Gasteiger charge is 2.18. The van der Waals surface area contributed by atoms with Crippen molar-refractivity contribution in [2.24, 2.45) is 0 Å². The van der Waals surface area contributed by atoms with Crippen LogP contribution in [0.1, 0.15) is 63.0 Å². The molecule has 0 unspecified atom stereocenters. The van der Waals surface area contributed by atoms with E-state index in [2.05, 4.69) is 131 Å². The molecule has 0 aliphatic carbocycles. The second kappa shape index (κ2) is 10.9. The molecule has 3 heteroatoms. The van der Waals surface area contributed by atoms with E-state index >= 15 is 0 Å². The van der Waals surface area contributed by atoms with Crippen LogP contribution >= 0.6 is 11.3 Å². The maximum absolute atomic E-state index is 11.0. The summed E-state index contributed by atoms with van der Waals surface area (Å²) in [5.41, 5.74) is 9.28. The predicted octanol–water partition coefficient (Wildman–Crippen LogP) is 11.0. The molecule has 1 aromatic heterocycles. The zero-order chi connectivity index (χ0) is 28.5. The summed E-state index contributed by atoms with van der Waals surface area (Å²) in [4.78, 5) is 15.7. The third-order valence-corrected chi connectivity index (χ3v) is 8.51. The second-order valence-electron chi connectivity index (χ2n) is 12.4. The Hall–Kier alpha value is -3.95. The van der Waals surface area contributed by atoms with Crippen molar-refractivity contribution in [1.82, 2.24) is 0 Å². The molecule has 1 heterocycles. The topological polar surface area (TPSA) is 20.3 Å². The second-order valence-corrected chi connectivity index (χ2v) is 13.5. The smallest absolute Gasteiger partial charge is 0.150 e. The molecule has 5 aromatic rings. The molecule has 2 nitrogen and oxygen atoms in total. The predicted molar refractivity (Wildman–Crippen MR) is 173 cm³/mol. The monoisotopic (exact) mass is 543 g/mol. The molecule has 0 amide bonds. The molecule has 0 saturated heterocycles. The van der Waals surface area contributed by atoms with Crippen molar-refractivity contribution < 1.29 is 4.79 Å². The molecule has 4 aromatic carbocycles. The van der Waals surface area contributed by atoms with Crippen LogP contribution in [0.4, 0.5) is 17.1 Å². The van der Waals surface area contributed by atoms with Crippen molar-refractivity contribution >= 4 is 34.7 Å². The Bertz CT molecular complexity index is 1520. The minimum Gasteiger partial charge on any atom is -0.311 e. The number of carbonyl (C=O) groups is 1. The van der Waals surface area contributed by atoms with Crippen LogP contribution in [0.2, 0.25) is 0 Å². The van der Waals surface area contributed by atoms with E-state index < -0.39 is 0 Å². The SMILES string of the molecule is CC(C)(C)c1ccc(N(c2ccc(-c3ccc(-c4ccc(C=O)cc4)s3)cc2)c2ccc(C(C)(C)C)cc2)cc1. The lowest BCUT2D eigenvalue weighted by Crippen LogP contribution is -2.14. The van der Waals surface area contributed by atoms with Crippen molar-refractivity contribution in [3.63, 3.8) is 0 Å². The lowest BCUT2D eigenvalue weighted by molar-refractivity contribution is 0.112. The first kappa shape index (κ1) is 27.6. The van der Waals surface area contributed by atoms with Gasteiger partial charge in [0, 0.05) is 32.4 Å². The van der Waals surface area contributed by atoms with Crippen LogP contribution in [-0.4, -0.2) is 6.29 Å². The van der Waals surface area contributed by atoms with Gasteiger partial charge in [0.1, 0.15) is 6.29 Å². The Balaban J connectivity index is 1.48. The average Bonchev–Trinajstić information content (AvgIpc) is 3.44. The van der Waals surface area contributed by atoms with Gasteiger partial charge in [-0.05, 0) is 81.6 Å². The van der Waals surface area contributed by atoms with Crippen LogP contribution in [0.5, 0.6) is 0 Å². The summed E-state index contributed by atoms with van der Waals surface area (Å²) in [6.07, 6.45) is 0.881. The average molecular weight is 544 g/mol. The van der Waals surface area contributed by atoms with Crippen molar-refractivity contribution in [1.29, 1.82) is 0 Å². The molecule has 5 rings (SSSR count). The number of hydrogen-bond acceptors (Lipinski definition) is 3. The molecule has 40 heavy (non-hydrogen) atoms. The van der Waals surface area contributed by atoms with Crippen LogP contribution in [0.3, 0.4) is 0 Å². The van der Waals surface area contributed by atoms with E-state index in [0.29, 0.717) is 5.56 Å². The number of nitrogens with zero attached hydrogens (tertiary/aromatic N) is 1. The van der Waals surface area contributed by atoms with Gasteiger partial charge in [0.25, 0.3) is 0 Å². The minimum atomic E-state index is 0.107. The zero-order valence-electron chi connectivity index (χ0n) is 24.2. The molecule has 0 bridgehead atoms. The molecule has 0 radical (unpaired) electrons. The van der Waals surface area contributed by atoms with Crippen LogP contribution in [0.15, 0.2) is 109 Å². The largest absolute Gasteiger partial charge is 0.311 e. The van der Waals surface area contributed by atoms with Gasteiger partial charge in [-0.2, -0.15) is 0 Å². The fourth-order valence-corrected chi connectivity index (χ4v) is 5.83. The molecular weight excluding hydrogens is 506 g/mol. The lowest BCUT2D eigenvalue weighted by Gasteiger charge is -2.28. The molecule has 0 atom stereocenters. The number of rotatable bonds is 6. The van der Waals surface area contributed by atoms with E-state index in [9.17, 15) is 4.79 Å². The van der Waals surface area contributed by atoms with Gasteiger partial charge in [0.15, 0.2) is 0 Å². The molecule has 0 spiro atoms. The third kappa shape index (κ3) is 5.95. The van der Waals surface area contributed by atoms with Crippen LogP contribution in [-0.2, 0) is 10.8 Å². The van der Waals surface area contributed by atoms with E-state index in [4.69, 9.17) is 0 Å². The van der Waals surface area contributed by atoms with Crippen molar-refractivity contribution in [3.05, 3.63) is 126 Å². The highest BCUT2D eigenvalue weighted by atomic mass is 32.1. The van der Waals surface area contributed by atoms with Gasteiger partial charge in [0.05, 0.1) is 0 Å². The van der Waals surface area contributed by atoms with Crippen LogP contribution in [0.25, 0.3) is 20.9 Å². The molecule has 0 N–H and O–H groups in total. The Labute approximate surface area is 243 Å². The lowest BCUT2D eigenvalue weighted by atomic mass is 9.86. The van der Waals surface area contributed by atoms with Gasteiger partial charge in [0.2, 0.25) is 0 Å². The number of hydrogen-bond donors (Lipinski definition) is 0. The molecular formula is C37H37NOS. The highest BCUT2D eigenvalue weighted by molar-refractivity contribution is 7.18. The number of carbonyl (C=O) groups excluding carboxylic acids is 1. The molecule has 0 aliphatic heterocycles. The van der Waals surface area contributed by atoms with Crippen LogP contribution < -0.4 is 4.90 Å². The highest BCUT2D eigenvalue weighted by Crippen LogP contribution is 2.39. The van der Waals surface area contributed by atoms with Gasteiger partial charge < -0.3 is 4.90 Å². The van der Waals surface area contributed by atoms with E-state index in [1.165, 1.54) is 26.4 Å². The first-order chi connectivity index (χ1) is 19.0. The number of thiophene rings is 1. The summed E-state index contributed by atoms with van der Waals surface area (Å²) in [7, 11) is 0. The fourth-order valence-electron chi connectivity index (χ4n) is 4.82. The van der Waals surface area contributed by atoms with Gasteiger partial charge >= 0.3 is 0 Å². The molecule has 0 saturated carbocycles. The minimum absolute atomic E-state index is 0.107. The van der Waals surface area contributed by atoms with E-state index in [1.807, 2.05) is 24.3 Å². The Kier molecular flexibility index (Phi) is 7.53. The first-order valence-corrected chi connectivity index (χ1v) is 14.6. The quantitative estimate of drug-likeness (QED) is 0.199. The van der Waals surface area contributed by atoms with E-state index in [0.717, 1.165) is 28.9 Å². The maximum Gasteiger partial charge on any atom is 0.150 e. The molecule has 0 fully saturated rings. The Morgan fingerprint density at radius 2 is 0.850 bits per heavy atom. The van der Waals surface area contributed by atoms with Crippen LogP contribution in [0, 0.1) is 0 Å². The summed E-state index contributed by atoms with van der Waals surface area (Å²) >= 11 is 1.77. The van der Waals surface area contributed by atoms with Crippen molar-refractivity contribution in [2.45, 2.75) is 52.4 Å². The number of benzene rings is 4. The number of anilines is 3. The van der Waals surface area contributed by atoms with E-state index in [1.54, 1.807) is 11.3 Å². The third-order valence-electron chi connectivity index (χ3n) is 7.33. The van der Waals surface area contributed by atoms with Gasteiger partial charge in [-0.25, -0.2) is 0 Å². The fraction of sp³-hybridized carbons (Fsp3) is 0.216. The van der Waals surface area contributed by atoms with E-state index in [-0.39, 0.29) is 10.8 Å². The Morgan fingerprint density at radius 3 is 1.20 bits per heavy atom. The molecule has 0 aliphatic rings. The summed E-state index contributed by atoms with van der Waals surface area (Å²) in [5.74, 6) is 0. The maximum atomic E-state index is 11.0. The molecule has 202 valence electrons. The standard InChI is InChI=1S/C37H37NOS/c1-36(2,3)29-13-19-32(20-14-29)38(33-21-15-30(16-22-33)37(4,5)6)31-17-11-28(12-18-31)35-24-23-34(40-35)27-9-7-26(25-39)8-10-27/h7-25H,1-6H3. The number of aldehydes is 1. The summed E-state index contributed by atoms with van der Waals surface area (Å²) in [6.45, 7) is 13.5. The van der Waals surface area contributed by atoms with Crippen molar-refractivity contribution in [2.75, 3.05) is 4.90 Å². The first-order valence-electron chi connectivity index (χ1n) is 13.8. The van der Waals surface area contributed by atoms with Gasteiger partial charge in [-0.1, -0.05) is 102 Å².